The van der Waals surface area contributed by atoms with Crippen LogP contribution in [0.15, 0.2) is 18.3 Å². The number of unbranched alkanes of at least 4 members (excludes halogenated alkanes) is 3. The number of carbonyl (C=O) groups excluding carboxylic acids is 1. The van der Waals surface area contributed by atoms with Gasteiger partial charge in [-0.2, -0.15) is 0 Å². The van der Waals surface area contributed by atoms with Gasteiger partial charge in [-0.15, -0.1) is 0 Å². The molecule has 0 fully saturated rings. The molecular formula is C13H20N2O2. The van der Waals surface area contributed by atoms with Gasteiger partial charge in [0.1, 0.15) is 5.69 Å². The van der Waals surface area contributed by atoms with Crippen LogP contribution in [0.3, 0.4) is 0 Å². The zero-order valence-electron chi connectivity index (χ0n) is 10.5. The van der Waals surface area contributed by atoms with E-state index in [1.165, 1.54) is 26.4 Å². The van der Waals surface area contributed by atoms with E-state index < -0.39 is 5.97 Å². The van der Waals surface area contributed by atoms with Crippen LogP contribution < -0.4 is 5.32 Å². The summed E-state index contributed by atoms with van der Waals surface area (Å²) in [6, 6.07) is 3.57. The Bertz CT molecular complexity index is 353. The molecule has 0 aromatic carbocycles. The third kappa shape index (κ3) is 4.85. The number of hydrogen-bond donors (Lipinski definition) is 1. The van der Waals surface area contributed by atoms with E-state index in [0.717, 1.165) is 18.7 Å². The molecule has 0 aliphatic rings. The minimum Gasteiger partial charge on any atom is -0.464 e. The van der Waals surface area contributed by atoms with Crippen molar-refractivity contribution in [3.63, 3.8) is 0 Å². The van der Waals surface area contributed by atoms with E-state index >= 15 is 0 Å². The number of pyridine rings is 1. The zero-order chi connectivity index (χ0) is 12.5. The summed E-state index contributed by atoms with van der Waals surface area (Å²) in [6.07, 6.45) is 6.50. The lowest BCUT2D eigenvalue weighted by Crippen LogP contribution is -2.06. The molecule has 0 atom stereocenters. The number of hydrogen-bond acceptors (Lipinski definition) is 4. The Balaban J connectivity index is 2.40. The highest BCUT2D eigenvalue weighted by atomic mass is 16.5. The molecule has 0 aliphatic heterocycles. The minimum absolute atomic E-state index is 0.339. The maximum absolute atomic E-state index is 11.3. The van der Waals surface area contributed by atoms with Gasteiger partial charge in [-0.05, 0) is 18.6 Å². The maximum Gasteiger partial charge on any atom is 0.356 e. The summed E-state index contributed by atoms with van der Waals surface area (Å²) in [6.45, 7) is 3.11. The van der Waals surface area contributed by atoms with Gasteiger partial charge in [0.15, 0.2) is 0 Å². The van der Waals surface area contributed by atoms with Crippen LogP contribution >= 0.6 is 0 Å². The summed E-state index contributed by atoms with van der Waals surface area (Å²) < 4.78 is 4.62. The predicted octanol–water partition coefficient (Wildman–Crippen LogP) is 2.86. The van der Waals surface area contributed by atoms with Crippen LogP contribution in [0.5, 0.6) is 0 Å². The van der Waals surface area contributed by atoms with Crippen molar-refractivity contribution in [2.24, 2.45) is 0 Å². The Labute approximate surface area is 102 Å². The summed E-state index contributed by atoms with van der Waals surface area (Å²) in [5, 5.41) is 3.28. The van der Waals surface area contributed by atoms with Crippen molar-refractivity contribution in [2.45, 2.75) is 32.6 Å². The molecule has 0 amide bonds. The number of carbonyl (C=O) groups is 1. The van der Waals surface area contributed by atoms with Crippen LogP contribution in [0, 0.1) is 0 Å². The number of esters is 1. The van der Waals surface area contributed by atoms with E-state index in [-0.39, 0.29) is 0 Å². The maximum atomic E-state index is 11.3. The van der Waals surface area contributed by atoms with Crippen LogP contribution in [-0.2, 0) is 4.74 Å². The standard InChI is InChI=1S/C13H20N2O2/c1-3-4-5-6-8-14-11-7-9-15-12(10-11)13(16)17-2/h7,9-10H,3-6,8H2,1-2H3,(H,14,15). The second-order valence-corrected chi connectivity index (χ2v) is 3.91. The highest BCUT2D eigenvalue weighted by Crippen LogP contribution is 2.09. The first-order valence-corrected chi connectivity index (χ1v) is 6.06. The minimum atomic E-state index is -0.403. The topological polar surface area (TPSA) is 51.2 Å². The Hall–Kier alpha value is -1.58. The molecule has 1 heterocycles. The first-order chi connectivity index (χ1) is 8.27. The van der Waals surface area contributed by atoms with Gasteiger partial charge in [-0.25, -0.2) is 9.78 Å². The number of nitrogens with one attached hydrogen (secondary N) is 1. The van der Waals surface area contributed by atoms with Crippen LogP contribution in [0.2, 0.25) is 0 Å². The first kappa shape index (κ1) is 13.5. The number of methoxy groups -OCH3 is 1. The second kappa shape index (κ2) is 7.65. The van der Waals surface area contributed by atoms with Crippen molar-refractivity contribution in [2.75, 3.05) is 19.0 Å². The number of aromatic nitrogens is 1. The Morgan fingerprint density at radius 2 is 2.24 bits per heavy atom. The smallest absolute Gasteiger partial charge is 0.356 e. The van der Waals surface area contributed by atoms with Crippen molar-refractivity contribution in [3.05, 3.63) is 24.0 Å². The number of rotatable bonds is 7. The number of anilines is 1. The molecule has 1 rings (SSSR count). The van der Waals surface area contributed by atoms with Crippen LogP contribution in [-0.4, -0.2) is 24.6 Å². The summed E-state index contributed by atoms with van der Waals surface area (Å²) >= 11 is 0. The molecule has 0 spiro atoms. The van der Waals surface area contributed by atoms with Crippen molar-refractivity contribution in [3.8, 4) is 0 Å². The van der Waals surface area contributed by atoms with Gasteiger partial charge in [0, 0.05) is 18.4 Å². The Morgan fingerprint density at radius 3 is 2.94 bits per heavy atom. The average molecular weight is 236 g/mol. The second-order valence-electron chi connectivity index (χ2n) is 3.91. The van der Waals surface area contributed by atoms with Gasteiger partial charge in [-0.1, -0.05) is 26.2 Å². The largest absolute Gasteiger partial charge is 0.464 e. The zero-order valence-corrected chi connectivity index (χ0v) is 10.5. The van der Waals surface area contributed by atoms with Crippen LogP contribution in [0.1, 0.15) is 43.1 Å². The molecule has 17 heavy (non-hydrogen) atoms. The molecule has 1 aromatic rings. The molecule has 94 valence electrons. The van der Waals surface area contributed by atoms with Crippen LogP contribution in [0.25, 0.3) is 0 Å². The monoisotopic (exact) mass is 236 g/mol. The normalized spacial score (nSPS) is 10.0. The van der Waals surface area contributed by atoms with E-state index in [4.69, 9.17) is 0 Å². The third-order valence-electron chi connectivity index (χ3n) is 2.51. The molecule has 0 radical (unpaired) electrons. The summed E-state index contributed by atoms with van der Waals surface area (Å²) in [5.41, 5.74) is 1.25. The summed E-state index contributed by atoms with van der Waals surface area (Å²) in [5.74, 6) is -0.403. The molecule has 1 aromatic heterocycles. The highest BCUT2D eigenvalue weighted by Gasteiger charge is 2.06. The lowest BCUT2D eigenvalue weighted by molar-refractivity contribution is 0.0594. The van der Waals surface area contributed by atoms with Crippen molar-refractivity contribution in [1.82, 2.24) is 4.98 Å². The van der Waals surface area contributed by atoms with E-state index in [1.54, 1.807) is 12.3 Å². The number of ether oxygens (including phenoxy) is 1. The summed E-state index contributed by atoms with van der Waals surface area (Å²) in [7, 11) is 1.36. The molecule has 0 saturated carbocycles. The molecule has 4 nitrogen and oxygen atoms in total. The fourth-order valence-electron chi connectivity index (χ4n) is 1.54. The molecule has 1 N–H and O–H groups in total. The molecule has 0 saturated heterocycles. The van der Waals surface area contributed by atoms with Crippen molar-refractivity contribution >= 4 is 11.7 Å². The van der Waals surface area contributed by atoms with Crippen molar-refractivity contribution < 1.29 is 9.53 Å². The van der Waals surface area contributed by atoms with Gasteiger partial charge in [-0.3, -0.25) is 0 Å². The molecule has 0 aliphatic carbocycles. The van der Waals surface area contributed by atoms with Crippen LogP contribution in [0.4, 0.5) is 5.69 Å². The van der Waals surface area contributed by atoms with E-state index in [9.17, 15) is 4.79 Å². The van der Waals surface area contributed by atoms with E-state index in [1.807, 2.05) is 6.07 Å². The fraction of sp³-hybridized carbons (Fsp3) is 0.538. The van der Waals surface area contributed by atoms with Gasteiger partial charge >= 0.3 is 5.97 Å². The average Bonchev–Trinajstić information content (AvgIpc) is 2.38. The number of nitrogens with zero attached hydrogens (tertiary/aromatic N) is 1. The lowest BCUT2D eigenvalue weighted by Gasteiger charge is -2.06. The SMILES string of the molecule is CCCCCCNc1ccnc(C(=O)OC)c1. The quantitative estimate of drug-likeness (QED) is 0.584. The molecule has 4 heteroatoms. The van der Waals surface area contributed by atoms with Gasteiger partial charge in [0.2, 0.25) is 0 Å². The van der Waals surface area contributed by atoms with Crippen molar-refractivity contribution in [1.29, 1.82) is 0 Å². The Morgan fingerprint density at radius 1 is 1.41 bits per heavy atom. The van der Waals surface area contributed by atoms with Gasteiger partial charge in [0.25, 0.3) is 0 Å². The predicted molar refractivity (Wildman–Crippen MR) is 68.2 cm³/mol. The van der Waals surface area contributed by atoms with Gasteiger partial charge in [0.05, 0.1) is 7.11 Å². The molecule has 0 bridgehead atoms. The highest BCUT2D eigenvalue weighted by molar-refractivity contribution is 5.88. The first-order valence-electron chi connectivity index (χ1n) is 6.06. The molecule has 0 unspecified atom stereocenters. The lowest BCUT2D eigenvalue weighted by atomic mass is 10.2. The van der Waals surface area contributed by atoms with Gasteiger partial charge < -0.3 is 10.1 Å². The fourth-order valence-corrected chi connectivity index (χ4v) is 1.54. The Kier molecular flexibility index (Phi) is 6.07. The molecular weight excluding hydrogens is 216 g/mol. The van der Waals surface area contributed by atoms with E-state index in [0.29, 0.717) is 5.69 Å². The third-order valence-corrected chi connectivity index (χ3v) is 2.51. The van der Waals surface area contributed by atoms with E-state index in [2.05, 4.69) is 22.0 Å². The summed E-state index contributed by atoms with van der Waals surface area (Å²) in [4.78, 5) is 15.2.